The Kier molecular flexibility index (Phi) is 13.5. The Bertz CT molecular complexity index is 400. The molecule has 6 unspecified atom stereocenters. The number of hydrogen-bond donors (Lipinski definition) is 2. The average Bonchev–Trinajstić information content (AvgIpc) is 2.96. The molecule has 0 aliphatic carbocycles. The van der Waals surface area contributed by atoms with Gasteiger partial charge in [-0.1, -0.05) is 0 Å². The molecule has 2 heterocycles. The van der Waals surface area contributed by atoms with Crippen LogP contribution in [-0.4, -0.2) is 88.1 Å². The largest absolute Gasteiger partial charge is 0.390 e. The summed E-state index contributed by atoms with van der Waals surface area (Å²) in [7, 11) is 0. The number of rotatable bonds is 4. The first-order valence-corrected chi connectivity index (χ1v) is 9.72. The van der Waals surface area contributed by atoms with Crippen LogP contribution in [0.5, 0.6) is 0 Å². The van der Waals surface area contributed by atoms with Crippen LogP contribution in [0.4, 0.5) is 0 Å². The van der Waals surface area contributed by atoms with Crippen LogP contribution in [-0.2, 0) is 18.9 Å². The average molecular weight is 398 g/mol. The van der Waals surface area contributed by atoms with Gasteiger partial charge < -0.3 is 29.2 Å². The van der Waals surface area contributed by atoms with E-state index >= 15 is 0 Å². The lowest BCUT2D eigenvalue weighted by atomic mass is 10.1. The molecule has 0 aromatic rings. The van der Waals surface area contributed by atoms with Crippen LogP contribution >= 0.6 is 0 Å². The van der Waals surface area contributed by atoms with Gasteiger partial charge in [-0.15, -0.1) is 0 Å². The SMILES string of the molecule is CC1CC(O)C(COC(C)(C)C)O1.CC1OC(COC(C)(C)C)CC1O.[B].[B]. The molecule has 0 aromatic carbocycles. The molecule has 6 nitrogen and oxygen atoms in total. The Labute approximate surface area is 175 Å². The summed E-state index contributed by atoms with van der Waals surface area (Å²) >= 11 is 0. The van der Waals surface area contributed by atoms with E-state index in [-0.39, 0.29) is 64.7 Å². The van der Waals surface area contributed by atoms with Crippen LogP contribution < -0.4 is 0 Å². The number of hydrogen-bond acceptors (Lipinski definition) is 6. The van der Waals surface area contributed by atoms with Gasteiger partial charge in [-0.25, -0.2) is 0 Å². The Morgan fingerprint density at radius 2 is 1.29 bits per heavy atom. The normalized spacial score (nSPS) is 32.8. The van der Waals surface area contributed by atoms with Gasteiger partial charge in [0.15, 0.2) is 0 Å². The fraction of sp³-hybridized carbons (Fsp3) is 1.00. The van der Waals surface area contributed by atoms with Gasteiger partial charge in [-0.3, -0.25) is 0 Å². The minimum atomic E-state index is -0.364. The summed E-state index contributed by atoms with van der Waals surface area (Å²) in [6.45, 7) is 17.0. The highest BCUT2D eigenvalue weighted by atomic mass is 16.6. The van der Waals surface area contributed by atoms with Gasteiger partial charge in [0.25, 0.3) is 0 Å². The third-order valence-corrected chi connectivity index (χ3v) is 4.25. The molecule has 0 bridgehead atoms. The van der Waals surface area contributed by atoms with Crippen molar-refractivity contribution >= 4 is 16.8 Å². The Hall–Kier alpha value is -0.110. The molecule has 6 atom stereocenters. The van der Waals surface area contributed by atoms with Crippen LogP contribution in [0.2, 0.25) is 0 Å². The number of aliphatic hydroxyl groups excluding tert-OH is 2. The predicted octanol–water partition coefficient (Wildman–Crippen LogP) is 1.92. The maximum Gasteiger partial charge on any atom is 0.107 e. The second kappa shape index (κ2) is 12.6. The van der Waals surface area contributed by atoms with Crippen molar-refractivity contribution in [3.63, 3.8) is 0 Å². The highest BCUT2D eigenvalue weighted by Gasteiger charge is 2.32. The summed E-state index contributed by atoms with van der Waals surface area (Å²) in [6, 6.07) is 0. The Morgan fingerprint density at radius 3 is 1.64 bits per heavy atom. The molecule has 2 aliphatic rings. The van der Waals surface area contributed by atoms with Crippen molar-refractivity contribution in [2.75, 3.05) is 13.2 Å². The molecular formula is C20H40B2O6. The molecule has 2 N–H and O–H groups in total. The van der Waals surface area contributed by atoms with Crippen molar-refractivity contribution in [2.45, 2.75) is 116 Å². The molecule has 2 fully saturated rings. The van der Waals surface area contributed by atoms with E-state index in [0.717, 1.165) is 6.42 Å². The standard InChI is InChI=1S/2C10H20O3.2B/c1-7-9(11)5-8(13-7)6-12-10(2,3)4;1-7-5-8(11)9(13-7)6-12-10(2,3)4;;/h2*7-9,11H,5-6H2,1-4H3;;. The smallest absolute Gasteiger partial charge is 0.107 e. The lowest BCUT2D eigenvalue weighted by Gasteiger charge is -2.23. The Morgan fingerprint density at radius 1 is 0.786 bits per heavy atom. The monoisotopic (exact) mass is 398 g/mol. The molecule has 8 heteroatoms. The molecule has 0 amide bonds. The molecule has 6 radical (unpaired) electrons. The zero-order valence-corrected chi connectivity index (χ0v) is 19.0. The van der Waals surface area contributed by atoms with E-state index in [1.165, 1.54) is 0 Å². The van der Waals surface area contributed by atoms with Gasteiger partial charge in [-0.2, -0.15) is 0 Å². The molecule has 162 valence electrons. The van der Waals surface area contributed by atoms with Crippen molar-refractivity contribution in [1.29, 1.82) is 0 Å². The third-order valence-electron chi connectivity index (χ3n) is 4.25. The lowest BCUT2D eigenvalue weighted by molar-refractivity contribution is -0.0862. The summed E-state index contributed by atoms with van der Waals surface area (Å²) in [4.78, 5) is 0. The minimum absolute atomic E-state index is 0. The third kappa shape index (κ3) is 12.5. The predicted molar refractivity (Wildman–Crippen MR) is 113 cm³/mol. The fourth-order valence-electron chi connectivity index (χ4n) is 2.78. The van der Waals surface area contributed by atoms with Gasteiger partial charge in [0.1, 0.15) is 6.10 Å². The van der Waals surface area contributed by atoms with Crippen molar-refractivity contribution in [3.8, 4) is 0 Å². The molecule has 0 saturated carbocycles. The van der Waals surface area contributed by atoms with Gasteiger partial charge in [0.05, 0.1) is 54.9 Å². The van der Waals surface area contributed by atoms with Gasteiger partial charge in [0.2, 0.25) is 0 Å². The van der Waals surface area contributed by atoms with Gasteiger partial charge >= 0.3 is 0 Å². The van der Waals surface area contributed by atoms with E-state index in [2.05, 4.69) is 0 Å². The van der Waals surface area contributed by atoms with Gasteiger partial charge in [0, 0.05) is 29.7 Å². The topological polar surface area (TPSA) is 77.4 Å². The van der Waals surface area contributed by atoms with Crippen molar-refractivity contribution in [1.82, 2.24) is 0 Å². The molecule has 2 rings (SSSR count). The second-order valence-corrected chi connectivity index (χ2v) is 9.40. The summed E-state index contributed by atoms with van der Waals surface area (Å²) in [6.07, 6.45) is 0.747. The number of aliphatic hydroxyl groups is 2. The van der Waals surface area contributed by atoms with Crippen molar-refractivity contribution in [2.24, 2.45) is 0 Å². The van der Waals surface area contributed by atoms with Crippen LogP contribution in [0, 0.1) is 0 Å². The zero-order chi connectivity index (χ0) is 20.1. The van der Waals surface area contributed by atoms with Crippen LogP contribution in [0.25, 0.3) is 0 Å². The van der Waals surface area contributed by atoms with Crippen molar-refractivity contribution < 1.29 is 29.2 Å². The first kappa shape index (κ1) is 30.1. The summed E-state index contributed by atoms with van der Waals surface area (Å²) in [5.74, 6) is 0. The van der Waals surface area contributed by atoms with E-state index < -0.39 is 0 Å². The van der Waals surface area contributed by atoms with E-state index in [1.54, 1.807) is 0 Å². The quantitative estimate of drug-likeness (QED) is 0.705. The van der Waals surface area contributed by atoms with E-state index in [9.17, 15) is 10.2 Å². The number of ether oxygens (including phenoxy) is 4. The van der Waals surface area contributed by atoms with Gasteiger partial charge in [-0.05, 0) is 55.4 Å². The van der Waals surface area contributed by atoms with E-state index in [4.69, 9.17) is 18.9 Å². The fourth-order valence-corrected chi connectivity index (χ4v) is 2.78. The minimum Gasteiger partial charge on any atom is -0.390 e. The summed E-state index contributed by atoms with van der Waals surface area (Å²) < 4.78 is 22.1. The van der Waals surface area contributed by atoms with Crippen LogP contribution in [0.3, 0.4) is 0 Å². The summed E-state index contributed by atoms with van der Waals surface area (Å²) in [5.41, 5.74) is -0.283. The maximum atomic E-state index is 9.55. The molecule has 0 aromatic heterocycles. The molecule has 2 saturated heterocycles. The molecular weight excluding hydrogens is 358 g/mol. The van der Waals surface area contributed by atoms with Crippen LogP contribution in [0.1, 0.15) is 68.2 Å². The molecule has 0 spiro atoms. The Balaban J connectivity index is 0. The van der Waals surface area contributed by atoms with E-state index in [1.807, 2.05) is 55.4 Å². The lowest BCUT2D eigenvalue weighted by Crippen LogP contribution is -2.31. The molecule has 28 heavy (non-hydrogen) atoms. The molecule has 2 aliphatic heterocycles. The zero-order valence-electron chi connectivity index (χ0n) is 19.0. The second-order valence-electron chi connectivity index (χ2n) is 9.40. The first-order chi connectivity index (χ1) is 11.8. The highest BCUT2D eigenvalue weighted by Crippen LogP contribution is 2.22. The maximum absolute atomic E-state index is 9.55. The summed E-state index contributed by atoms with van der Waals surface area (Å²) in [5, 5.41) is 19.0. The van der Waals surface area contributed by atoms with Crippen LogP contribution in [0.15, 0.2) is 0 Å². The van der Waals surface area contributed by atoms with E-state index in [0.29, 0.717) is 19.6 Å². The van der Waals surface area contributed by atoms with Crippen molar-refractivity contribution in [3.05, 3.63) is 0 Å². The first-order valence-electron chi connectivity index (χ1n) is 9.72. The highest BCUT2D eigenvalue weighted by molar-refractivity contribution is 5.76.